The molecule has 18 heavy (non-hydrogen) atoms. The van der Waals surface area contributed by atoms with Crippen LogP contribution in [0.2, 0.25) is 0 Å². The van der Waals surface area contributed by atoms with Crippen molar-refractivity contribution in [2.75, 3.05) is 17.7 Å². The van der Waals surface area contributed by atoms with Crippen molar-refractivity contribution in [3.05, 3.63) is 30.9 Å². The van der Waals surface area contributed by atoms with Crippen molar-refractivity contribution in [3.8, 4) is 5.75 Å². The van der Waals surface area contributed by atoms with Crippen LogP contribution in [0.3, 0.4) is 0 Å². The Morgan fingerprint density at radius 2 is 2.11 bits per heavy atom. The second kappa shape index (κ2) is 5.76. The molecule has 0 fully saturated rings. The molecule has 0 saturated carbocycles. The van der Waals surface area contributed by atoms with Gasteiger partial charge in [0.1, 0.15) is 18.7 Å². The Balaban J connectivity index is 1.84. The van der Waals surface area contributed by atoms with Crippen LogP contribution in [-0.2, 0) is 0 Å². The van der Waals surface area contributed by atoms with Crippen molar-refractivity contribution in [2.24, 2.45) is 0 Å². The van der Waals surface area contributed by atoms with Crippen molar-refractivity contribution in [1.29, 1.82) is 0 Å². The van der Waals surface area contributed by atoms with Gasteiger partial charge in [0.15, 0.2) is 0 Å². The quantitative estimate of drug-likeness (QED) is 0.802. The van der Waals surface area contributed by atoms with E-state index in [0.717, 1.165) is 5.75 Å². The fourth-order valence-corrected chi connectivity index (χ4v) is 1.30. The number of hydrogen-bond donors (Lipinski definition) is 2. The lowest BCUT2D eigenvalue weighted by Crippen LogP contribution is -2.24. The highest BCUT2D eigenvalue weighted by Crippen LogP contribution is 2.08. The maximum atomic E-state index is 5.57. The van der Waals surface area contributed by atoms with Crippen LogP contribution >= 0.6 is 0 Å². The van der Waals surface area contributed by atoms with Gasteiger partial charge in [0.2, 0.25) is 11.9 Å². The van der Waals surface area contributed by atoms with Gasteiger partial charge in [-0.25, -0.2) is 9.97 Å². The van der Waals surface area contributed by atoms with Crippen molar-refractivity contribution < 1.29 is 4.74 Å². The summed E-state index contributed by atoms with van der Waals surface area (Å²) in [5, 5.41) is 3.07. The molecular formula is C11H14N6O. The van der Waals surface area contributed by atoms with E-state index in [-0.39, 0.29) is 12.0 Å². The molecule has 0 aromatic carbocycles. The first-order valence-electron chi connectivity index (χ1n) is 5.48. The first-order chi connectivity index (χ1) is 8.74. The highest BCUT2D eigenvalue weighted by atomic mass is 16.5. The normalized spacial score (nSPS) is 11.8. The molecule has 2 aromatic heterocycles. The topological polar surface area (TPSA) is 98.8 Å². The number of nitrogens with zero attached hydrogens (tertiary/aromatic N) is 4. The van der Waals surface area contributed by atoms with Crippen LogP contribution in [0, 0.1) is 0 Å². The minimum atomic E-state index is 0.0416. The molecule has 2 heterocycles. The highest BCUT2D eigenvalue weighted by Gasteiger charge is 2.05. The Labute approximate surface area is 104 Å². The largest absolute Gasteiger partial charge is 0.491 e. The van der Waals surface area contributed by atoms with E-state index in [9.17, 15) is 0 Å². The third kappa shape index (κ3) is 3.55. The van der Waals surface area contributed by atoms with Crippen LogP contribution in [-0.4, -0.2) is 32.6 Å². The molecule has 0 bridgehead atoms. The van der Waals surface area contributed by atoms with Crippen molar-refractivity contribution in [3.63, 3.8) is 0 Å². The molecule has 94 valence electrons. The maximum absolute atomic E-state index is 5.57. The van der Waals surface area contributed by atoms with Gasteiger partial charge < -0.3 is 15.8 Å². The molecule has 0 spiro atoms. The Morgan fingerprint density at radius 3 is 2.83 bits per heavy atom. The fourth-order valence-electron chi connectivity index (χ4n) is 1.30. The van der Waals surface area contributed by atoms with Gasteiger partial charge in [0.05, 0.1) is 6.04 Å². The van der Waals surface area contributed by atoms with Gasteiger partial charge in [-0.3, -0.25) is 4.98 Å². The van der Waals surface area contributed by atoms with Crippen molar-refractivity contribution in [2.45, 2.75) is 13.0 Å². The summed E-state index contributed by atoms with van der Waals surface area (Å²) in [4.78, 5) is 15.5. The Bertz CT molecular complexity index is 492. The van der Waals surface area contributed by atoms with Crippen LogP contribution in [0.1, 0.15) is 6.92 Å². The zero-order chi connectivity index (χ0) is 12.8. The molecule has 7 heteroatoms. The maximum Gasteiger partial charge on any atom is 0.227 e. The average molecular weight is 246 g/mol. The second-order valence-corrected chi connectivity index (χ2v) is 3.71. The van der Waals surface area contributed by atoms with E-state index < -0.39 is 0 Å². The van der Waals surface area contributed by atoms with Gasteiger partial charge in [-0.1, -0.05) is 0 Å². The van der Waals surface area contributed by atoms with Gasteiger partial charge >= 0.3 is 0 Å². The number of pyridine rings is 1. The van der Waals surface area contributed by atoms with Crippen LogP contribution < -0.4 is 15.8 Å². The number of anilines is 2. The summed E-state index contributed by atoms with van der Waals surface area (Å²) in [6.07, 6.45) is 4.72. The standard InChI is InChI=1S/C11H14N6O/c1-8(6-18-9-2-4-13-5-3-9)16-11-15-7-14-10(12)17-11/h2-5,7-8H,6H2,1H3,(H3,12,14,15,16,17). The first-order valence-corrected chi connectivity index (χ1v) is 5.48. The van der Waals surface area contributed by atoms with Gasteiger partial charge in [0.25, 0.3) is 0 Å². The molecule has 2 rings (SSSR count). The van der Waals surface area contributed by atoms with E-state index in [2.05, 4.69) is 25.3 Å². The van der Waals surface area contributed by atoms with Gasteiger partial charge in [-0.05, 0) is 19.1 Å². The SMILES string of the molecule is CC(COc1ccncc1)Nc1ncnc(N)n1. The Kier molecular flexibility index (Phi) is 3.85. The number of ether oxygens (including phenoxy) is 1. The summed E-state index contributed by atoms with van der Waals surface area (Å²) < 4.78 is 5.57. The first kappa shape index (κ1) is 12.0. The lowest BCUT2D eigenvalue weighted by molar-refractivity contribution is 0.303. The number of nitrogens with one attached hydrogen (secondary N) is 1. The van der Waals surface area contributed by atoms with Crippen molar-refractivity contribution in [1.82, 2.24) is 19.9 Å². The Morgan fingerprint density at radius 1 is 1.33 bits per heavy atom. The van der Waals surface area contributed by atoms with Crippen LogP contribution in [0.15, 0.2) is 30.9 Å². The third-order valence-corrected chi connectivity index (χ3v) is 2.12. The monoisotopic (exact) mass is 246 g/mol. The molecule has 0 amide bonds. The average Bonchev–Trinajstić information content (AvgIpc) is 2.38. The van der Waals surface area contributed by atoms with Gasteiger partial charge in [0, 0.05) is 12.4 Å². The van der Waals surface area contributed by atoms with Crippen molar-refractivity contribution >= 4 is 11.9 Å². The number of aromatic nitrogens is 4. The molecule has 0 aliphatic carbocycles. The van der Waals surface area contributed by atoms with E-state index in [1.807, 2.05) is 6.92 Å². The lowest BCUT2D eigenvalue weighted by Gasteiger charge is -2.14. The summed E-state index contributed by atoms with van der Waals surface area (Å²) in [5.41, 5.74) is 5.46. The van der Waals surface area contributed by atoms with E-state index in [1.165, 1.54) is 6.33 Å². The number of hydrogen-bond acceptors (Lipinski definition) is 7. The van der Waals surface area contributed by atoms with E-state index in [1.54, 1.807) is 24.5 Å². The summed E-state index contributed by atoms with van der Waals surface area (Å²) >= 11 is 0. The minimum Gasteiger partial charge on any atom is -0.491 e. The predicted molar refractivity (Wildman–Crippen MR) is 67.1 cm³/mol. The number of nitrogens with two attached hydrogens (primary N) is 1. The molecule has 3 N–H and O–H groups in total. The predicted octanol–water partition coefficient (Wildman–Crippen LogP) is 0.728. The highest BCUT2D eigenvalue weighted by molar-refractivity contribution is 5.30. The van der Waals surface area contributed by atoms with Crippen LogP contribution in [0.5, 0.6) is 5.75 Å². The summed E-state index contributed by atoms with van der Waals surface area (Å²) in [5.74, 6) is 1.40. The molecule has 1 unspecified atom stereocenters. The second-order valence-electron chi connectivity index (χ2n) is 3.71. The number of nitrogen functional groups attached to an aromatic ring is 1. The molecular weight excluding hydrogens is 232 g/mol. The minimum absolute atomic E-state index is 0.0416. The summed E-state index contributed by atoms with van der Waals surface area (Å²) in [6.45, 7) is 2.44. The molecule has 7 nitrogen and oxygen atoms in total. The smallest absolute Gasteiger partial charge is 0.227 e. The van der Waals surface area contributed by atoms with Crippen LogP contribution in [0.4, 0.5) is 11.9 Å². The molecule has 0 aliphatic rings. The molecule has 0 radical (unpaired) electrons. The molecule has 1 atom stereocenters. The molecule has 2 aromatic rings. The Hall–Kier alpha value is -2.44. The summed E-state index contributed by atoms with van der Waals surface area (Å²) in [6, 6.07) is 3.64. The van der Waals surface area contributed by atoms with Gasteiger partial charge in [-0.2, -0.15) is 4.98 Å². The van der Waals surface area contributed by atoms with E-state index in [0.29, 0.717) is 12.6 Å². The third-order valence-electron chi connectivity index (χ3n) is 2.12. The van der Waals surface area contributed by atoms with E-state index >= 15 is 0 Å². The fraction of sp³-hybridized carbons (Fsp3) is 0.273. The zero-order valence-electron chi connectivity index (χ0n) is 9.95. The van der Waals surface area contributed by atoms with E-state index in [4.69, 9.17) is 10.5 Å². The van der Waals surface area contributed by atoms with Crippen LogP contribution in [0.25, 0.3) is 0 Å². The zero-order valence-corrected chi connectivity index (χ0v) is 9.95. The lowest BCUT2D eigenvalue weighted by atomic mass is 10.3. The number of rotatable bonds is 5. The van der Waals surface area contributed by atoms with Gasteiger partial charge in [-0.15, -0.1) is 0 Å². The molecule has 0 saturated heterocycles. The molecule has 0 aliphatic heterocycles. The summed E-state index contributed by atoms with van der Waals surface area (Å²) in [7, 11) is 0.